The first kappa shape index (κ1) is 56.0. The molecule has 0 aliphatic carbocycles. The molecule has 2 unspecified atom stereocenters. The Bertz CT molecular complexity index is 751. The van der Waals surface area contributed by atoms with E-state index in [0.717, 1.165) is 0 Å². The number of aliphatic hydroxyl groups is 19. The van der Waals surface area contributed by atoms with Gasteiger partial charge in [-0.2, -0.15) is 0 Å². The molecule has 0 aromatic carbocycles. The third-order valence-corrected chi connectivity index (χ3v) is 5.20. The van der Waals surface area contributed by atoms with E-state index in [4.69, 9.17) is 112 Å². The molecule has 0 rings (SSSR count). The number of carbonyl (C=O) groups is 3. The predicted molar refractivity (Wildman–Crippen MR) is 154 cm³/mol. The first-order valence-corrected chi connectivity index (χ1v) is 13.5. The van der Waals surface area contributed by atoms with Crippen molar-refractivity contribution in [1.29, 1.82) is 0 Å². The largest absolute Gasteiger partial charge is 0.481 e. The Morgan fingerprint density at radius 2 is 0.612 bits per heavy atom. The minimum absolute atomic E-state index is 0.365. The number of hydrogen-bond acceptors (Lipinski definition) is 22. The van der Waals surface area contributed by atoms with Gasteiger partial charge in [0.25, 0.3) is 0 Å². The van der Waals surface area contributed by atoms with Gasteiger partial charge in [-0.1, -0.05) is 0 Å². The number of carboxylic acid groups (broad SMARTS) is 3. The Morgan fingerprint density at radius 3 is 0.755 bits per heavy atom. The standard InChI is InChI=1S/C6H8O7.C6H14O6.C5H12O5.C4H10O4.C3H8O3/c7-3(8)1-6(13,5(11)12)2-4(9)10;7-1-3(9)5(11)6(12)4(10)2-8;6-1-3(8)5(10)4(9)2-7;5-1-3(7)4(8)2-6;4-1-3(6)2-5/h13H,1-2H2,(H,7,8)(H,9,10)(H,11,12);3-12H,1-2H2;3-10H,1-2H2;3-8H,1-2H2;3-6H,1-2H2/t;3-,4+,5-,6-;3-,4+,5+;;/m.1.../s1. The van der Waals surface area contributed by atoms with Crippen LogP contribution in [0.4, 0.5) is 0 Å². The number of hydrogen-bond donors (Lipinski definition) is 22. The van der Waals surface area contributed by atoms with Crippen LogP contribution in [0.15, 0.2) is 0 Å². The van der Waals surface area contributed by atoms with E-state index in [9.17, 15) is 14.4 Å². The van der Waals surface area contributed by atoms with Crippen LogP contribution in [0, 0.1) is 0 Å². The van der Waals surface area contributed by atoms with Crippen molar-refractivity contribution in [2.75, 3.05) is 52.9 Å². The van der Waals surface area contributed by atoms with E-state index in [2.05, 4.69) is 0 Å². The zero-order valence-electron chi connectivity index (χ0n) is 25.9. The molecule has 0 radical (unpaired) electrons. The van der Waals surface area contributed by atoms with Gasteiger partial charge in [0.2, 0.25) is 0 Å². The van der Waals surface area contributed by atoms with Crippen LogP contribution < -0.4 is 0 Å². The summed E-state index contributed by atoms with van der Waals surface area (Å²) in [5.74, 6) is -5.02. The summed E-state index contributed by atoms with van der Waals surface area (Å²) in [5, 5.41) is 186. The lowest BCUT2D eigenvalue weighted by atomic mass is 9.96. The summed E-state index contributed by atoms with van der Waals surface area (Å²) in [6.45, 7) is -4.51. The number of aliphatic hydroxyl groups excluding tert-OH is 18. The van der Waals surface area contributed by atoms with Crippen LogP contribution in [0.25, 0.3) is 0 Å². The zero-order chi connectivity index (χ0) is 40.1. The Balaban J connectivity index is -0.000000168. The van der Waals surface area contributed by atoms with Gasteiger partial charge >= 0.3 is 17.9 Å². The molecule has 0 aromatic rings. The monoisotopic (exact) mass is 740 g/mol. The lowest BCUT2D eigenvalue weighted by Gasteiger charge is -2.24. The van der Waals surface area contributed by atoms with Crippen LogP contribution in [0.2, 0.25) is 0 Å². The second-order valence-electron chi connectivity index (χ2n) is 9.47. The Morgan fingerprint density at radius 1 is 0.388 bits per heavy atom. The topological polar surface area (TPSA) is 496 Å². The van der Waals surface area contributed by atoms with Gasteiger partial charge in [-0.05, 0) is 0 Å². The summed E-state index contributed by atoms with van der Waals surface area (Å²) in [7, 11) is 0. The maximum absolute atomic E-state index is 10.3. The third-order valence-electron chi connectivity index (χ3n) is 5.20. The van der Waals surface area contributed by atoms with Crippen LogP contribution in [-0.2, 0) is 14.4 Å². The molecular formula is C24H52O25. The molecule has 0 saturated heterocycles. The molecule has 9 atom stereocenters. The molecule has 25 heteroatoms. The van der Waals surface area contributed by atoms with Crippen molar-refractivity contribution in [3.05, 3.63) is 0 Å². The van der Waals surface area contributed by atoms with E-state index in [1.54, 1.807) is 0 Å². The molecular weight excluding hydrogens is 688 g/mol. The maximum atomic E-state index is 10.3. The second kappa shape index (κ2) is 32.8. The van der Waals surface area contributed by atoms with Gasteiger partial charge in [-0.3, -0.25) is 9.59 Å². The lowest BCUT2D eigenvalue weighted by Crippen LogP contribution is -2.46. The van der Waals surface area contributed by atoms with Crippen molar-refractivity contribution in [3.8, 4) is 0 Å². The van der Waals surface area contributed by atoms with Gasteiger partial charge in [-0.15, -0.1) is 0 Å². The fourth-order valence-electron chi connectivity index (χ4n) is 2.16. The van der Waals surface area contributed by atoms with Gasteiger partial charge < -0.3 is 112 Å². The van der Waals surface area contributed by atoms with Crippen LogP contribution in [-0.4, -0.2) is 250 Å². The molecule has 0 aliphatic heterocycles. The van der Waals surface area contributed by atoms with E-state index < -0.39 is 137 Å². The number of rotatable bonds is 19. The summed E-state index contributed by atoms with van der Waals surface area (Å²) in [6.07, 6.45) is -16.4. The molecule has 0 spiro atoms. The molecule has 0 heterocycles. The van der Waals surface area contributed by atoms with E-state index in [1.807, 2.05) is 0 Å². The van der Waals surface area contributed by atoms with Crippen LogP contribution in [0.1, 0.15) is 12.8 Å². The highest BCUT2D eigenvalue weighted by molar-refractivity contribution is 5.88. The minimum Gasteiger partial charge on any atom is -0.481 e. The molecule has 298 valence electrons. The zero-order valence-corrected chi connectivity index (χ0v) is 25.9. The Kier molecular flexibility index (Phi) is 37.5. The molecule has 49 heavy (non-hydrogen) atoms. The van der Waals surface area contributed by atoms with Crippen LogP contribution in [0.3, 0.4) is 0 Å². The normalized spacial score (nSPS) is 16.4. The Hall–Kier alpha value is -2.35. The van der Waals surface area contributed by atoms with E-state index in [0.29, 0.717) is 0 Å². The van der Waals surface area contributed by atoms with Crippen molar-refractivity contribution in [2.24, 2.45) is 0 Å². The highest BCUT2D eigenvalue weighted by Gasteiger charge is 2.40. The molecule has 0 bridgehead atoms. The minimum atomic E-state index is -2.74. The molecule has 0 saturated carbocycles. The highest BCUT2D eigenvalue weighted by atomic mass is 16.4. The lowest BCUT2D eigenvalue weighted by molar-refractivity contribution is -0.170. The molecule has 0 amide bonds. The third kappa shape index (κ3) is 30.2. The molecule has 25 nitrogen and oxygen atoms in total. The average Bonchev–Trinajstić information content (AvgIpc) is 3.08. The van der Waals surface area contributed by atoms with Gasteiger partial charge in [0.05, 0.1) is 65.7 Å². The molecule has 0 fully saturated rings. The van der Waals surface area contributed by atoms with Gasteiger partial charge in [0, 0.05) is 0 Å². The van der Waals surface area contributed by atoms with Crippen molar-refractivity contribution in [3.63, 3.8) is 0 Å². The fourth-order valence-corrected chi connectivity index (χ4v) is 2.16. The fraction of sp³-hybridized carbons (Fsp3) is 0.875. The highest BCUT2D eigenvalue weighted by Crippen LogP contribution is 2.15. The summed E-state index contributed by atoms with van der Waals surface area (Å²) in [5.41, 5.74) is -2.74. The van der Waals surface area contributed by atoms with E-state index in [-0.39, 0.29) is 13.2 Å². The summed E-state index contributed by atoms with van der Waals surface area (Å²) in [4.78, 5) is 30.5. The first-order valence-electron chi connectivity index (χ1n) is 13.5. The van der Waals surface area contributed by atoms with Crippen molar-refractivity contribution in [1.82, 2.24) is 0 Å². The molecule has 22 N–H and O–H groups in total. The number of carboxylic acids is 3. The van der Waals surface area contributed by atoms with Crippen LogP contribution in [0.5, 0.6) is 0 Å². The Labute approximate surface area is 277 Å². The summed E-state index contributed by atoms with van der Waals surface area (Å²) < 4.78 is 0. The second-order valence-corrected chi connectivity index (χ2v) is 9.47. The number of aliphatic carboxylic acids is 3. The van der Waals surface area contributed by atoms with Gasteiger partial charge in [0.15, 0.2) is 5.60 Å². The average molecular weight is 741 g/mol. The molecule has 0 aromatic heterocycles. The van der Waals surface area contributed by atoms with Gasteiger partial charge in [0.1, 0.15) is 61.0 Å². The summed E-state index contributed by atoms with van der Waals surface area (Å²) in [6, 6.07) is 0. The van der Waals surface area contributed by atoms with Crippen LogP contribution >= 0.6 is 0 Å². The predicted octanol–water partition coefficient (Wildman–Crippen LogP) is -11.8. The quantitative estimate of drug-likeness (QED) is 0.0584. The SMILES string of the molecule is O=C(O)CC(O)(CC(=O)O)C(=O)O.OCC(O)C(O)CO.OCC(O)CO.OC[C@@H](O)[C@@H](O)[C@H](O)[C@@H](O)CO.OC[C@@H](O)[C@H](O)[C@@H](O)CO. The van der Waals surface area contributed by atoms with Crippen molar-refractivity contribution >= 4 is 17.9 Å². The first-order chi connectivity index (χ1) is 22.5. The van der Waals surface area contributed by atoms with Gasteiger partial charge in [-0.25, -0.2) is 4.79 Å². The smallest absolute Gasteiger partial charge is 0.336 e. The van der Waals surface area contributed by atoms with Crippen molar-refractivity contribution < 1.29 is 127 Å². The summed E-state index contributed by atoms with van der Waals surface area (Å²) >= 11 is 0. The van der Waals surface area contributed by atoms with E-state index >= 15 is 0 Å². The molecule has 0 aliphatic rings. The van der Waals surface area contributed by atoms with E-state index in [1.165, 1.54) is 0 Å². The van der Waals surface area contributed by atoms with Crippen molar-refractivity contribution in [2.45, 2.75) is 79.5 Å². The maximum Gasteiger partial charge on any atom is 0.336 e.